The minimum absolute atomic E-state index is 0.0264. The molecule has 192 valence electrons. The Morgan fingerprint density at radius 1 is 1.11 bits per heavy atom. The van der Waals surface area contributed by atoms with Gasteiger partial charge in [-0.05, 0) is 44.5 Å². The van der Waals surface area contributed by atoms with E-state index in [0.29, 0.717) is 34.4 Å². The number of ether oxygens (including phenoxy) is 1. The summed E-state index contributed by atoms with van der Waals surface area (Å²) >= 11 is 6.34. The summed E-state index contributed by atoms with van der Waals surface area (Å²) in [7, 11) is 0. The molecule has 11 heteroatoms. The first kappa shape index (κ1) is 26.3. The van der Waals surface area contributed by atoms with Crippen LogP contribution in [-0.2, 0) is 12.2 Å². The Kier molecular flexibility index (Phi) is 7.35. The first-order valence-electron chi connectivity index (χ1n) is 11.1. The van der Waals surface area contributed by atoms with Gasteiger partial charge < -0.3 is 14.9 Å². The van der Waals surface area contributed by atoms with Crippen molar-refractivity contribution >= 4 is 11.6 Å². The Balaban J connectivity index is 1.72. The molecular formula is C26H23ClF2N4O4. The van der Waals surface area contributed by atoms with Crippen molar-refractivity contribution < 1.29 is 23.7 Å². The quantitative estimate of drug-likeness (QED) is 0.373. The lowest BCUT2D eigenvalue weighted by atomic mass is 10.0. The van der Waals surface area contributed by atoms with E-state index >= 15 is 0 Å². The van der Waals surface area contributed by atoms with Crippen LogP contribution in [0.25, 0.3) is 17.1 Å². The van der Waals surface area contributed by atoms with E-state index in [9.17, 15) is 23.8 Å². The van der Waals surface area contributed by atoms with Crippen LogP contribution in [0.1, 0.15) is 29.6 Å². The molecule has 0 aliphatic heterocycles. The highest BCUT2D eigenvalue weighted by atomic mass is 35.5. The molecular weight excluding hydrogens is 506 g/mol. The fourth-order valence-electron chi connectivity index (χ4n) is 3.63. The highest BCUT2D eigenvalue weighted by Gasteiger charge is 2.24. The lowest BCUT2D eigenvalue weighted by Crippen LogP contribution is -2.27. The Labute approximate surface area is 215 Å². The highest BCUT2D eigenvalue weighted by molar-refractivity contribution is 6.31. The molecule has 0 aliphatic rings. The second-order valence-electron chi connectivity index (χ2n) is 8.67. The van der Waals surface area contributed by atoms with Crippen molar-refractivity contribution in [3.8, 4) is 22.8 Å². The lowest BCUT2D eigenvalue weighted by molar-refractivity contribution is -0.00576. The number of halogens is 3. The summed E-state index contributed by atoms with van der Waals surface area (Å²) in [5, 5.41) is 19.6. The molecule has 0 aliphatic carbocycles. The number of aliphatic hydroxyl groups is 2. The number of aromatic nitrogens is 4. The summed E-state index contributed by atoms with van der Waals surface area (Å²) in [5.74, 6) is -1.66. The third-order valence-corrected chi connectivity index (χ3v) is 6.08. The SMILES string of the molecule is Cc1cnc(-c2cccc(C(C)(O)CO)n2)cc1-n1c(C)cc(OCc2ncc(F)cc2F)c(Cl)c1=O. The normalized spacial score (nSPS) is 12.9. The van der Waals surface area contributed by atoms with Crippen LogP contribution >= 0.6 is 11.6 Å². The van der Waals surface area contributed by atoms with Gasteiger partial charge in [0.1, 0.15) is 34.5 Å². The molecule has 0 aromatic carbocycles. The van der Waals surface area contributed by atoms with Gasteiger partial charge >= 0.3 is 0 Å². The smallest absolute Gasteiger partial charge is 0.277 e. The zero-order chi connectivity index (χ0) is 26.9. The Morgan fingerprint density at radius 3 is 2.57 bits per heavy atom. The average Bonchev–Trinajstić information content (AvgIpc) is 2.87. The summed E-state index contributed by atoms with van der Waals surface area (Å²) in [6.45, 7) is 4.04. The minimum Gasteiger partial charge on any atom is -0.485 e. The second kappa shape index (κ2) is 10.3. The zero-order valence-corrected chi connectivity index (χ0v) is 20.9. The van der Waals surface area contributed by atoms with Crippen LogP contribution < -0.4 is 10.3 Å². The molecule has 0 saturated heterocycles. The molecule has 4 aromatic heterocycles. The van der Waals surface area contributed by atoms with Gasteiger partial charge in [0.2, 0.25) is 0 Å². The zero-order valence-electron chi connectivity index (χ0n) is 20.2. The fraction of sp³-hybridized carbons (Fsp3) is 0.231. The van der Waals surface area contributed by atoms with Crippen LogP contribution in [-0.4, -0.2) is 36.3 Å². The van der Waals surface area contributed by atoms with E-state index in [-0.39, 0.29) is 28.8 Å². The van der Waals surface area contributed by atoms with E-state index in [1.165, 1.54) is 17.6 Å². The van der Waals surface area contributed by atoms with Crippen molar-refractivity contribution in [2.45, 2.75) is 33.0 Å². The number of hydrogen-bond donors (Lipinski definition) is 2. The molecule has 0 radical (unpaired) electrons. The van der Waals surface area contributed by atoms with Gasteiger partial charge in [-0.15, -0.1) is 0 Å². The molecule has 8 nitrogen and oxygen atoms in total. The maximum absolute atomic E-state index is 13.9. The summed E-state index contributed by atoms with van der Waals surface area (Å²) in [6, 6.07) is 8.86. The largest absolute Gasteiger partial charge is 0.485 e. The fourth-order valence-corrected chi connectivity index (χ4v) is 3.83. The summed E-state index contributed by atoms with van der Waals surface area (Å²) in [4.78, 5) is 25.8. The van der Waals surface area contributed by atoms with E-state index in [2.05, 4.69) is 15.0 Å². The molecule has 37 heavy (non-hydrogen) atoms. The molecule has 4 heterocycles. The second-order valence-corrected chi connectivity index (χ2v) is 9.05. The summed E-state index contributed by atoms with van der Waals surface area (Å²) in [6.07, 6.45) is 2.45. The highest BCUT2D eigenvalue weighted by Crippen LogP contribution is 2.28. The van der Waals surface area contributed by atoms with Crippen LogP contribution in [0.15, 0.2) is 53.6 Å². The molecule has 1 unspecified atom stereocenters. The van der Waals surface area contributed by atoms with Crippen molar-refractivity contribution in [1.29, 1.82) is 0 Å². The summed E-state index contributed by atoms with van der Waals surface area (Å²) < 4.78 is 33.9. The number of hydrogen-bond acceptors (Lipinski definition) is 7. The van der Waals surface area contributed by atoms with E-state index in [1.54, 1.807) is 44.3 Å². The number of aliphatic hydroxyl groups excluding tert-OH is 1. The van der Waals surface area contributed by atoms with Crippen LogP contribution in [0.2, 0.25) is 5.02 Å². The molecule has 0 fully saturated rings. The Bertz CT molecular complexity index is 1540. The maximum Gasteiger partial charge on any atom is 0.277 e. The standard InChI is InChI=1S/C26H23ClF2N4O4/c1-14-10-30-19(18-5-4-6-23(32-18)26(3,36)13-34)9-21(14)33-15(2)7-22(24(27)25(33)35)37-12-20-17(29)8-16(28)11-31-20/h4-11,34,36H,12-13H2,1-3H3. The average molecular weight is 529 g/mol. The van der Waals surface area contributed by atoms with Gasteiger partial charge in [0.05, 0.1) is 35.6 Å². The Morgan fingerprint density at radius 2 is 1.86 bits per heavy atom. The molecule has 4 aromatic rings. The van der Waals surface area contributed by atoms with E-state index in [0.717, 1.165) is 6.20 Å². The number of rotatable bonds is 7. The van der Waals surface area contributed by atoms with E-state index in [4.69, 9.17) is 16.3 Å². The third-order valence-electron chi connectivity index (χ3n) is 5.74. The van der Waals surface area contributed by atoms with E-state index in [1.807, 2.05) is 0 Å². The number of aryl methyl sites for hydroxylation is 2. The van der Waals surface area contributed by atoms with Gasteiger partial charge in [0.15, 0.2) is 5.82 Å². The molecule has 0 spiro atoms. The van der Waals surface area contributed by atoms with Crippen molar-refractivity contribution in [2.24, 2.45) is 0 Å². The number of nitrogens with zero attached hydrogens (tertiary/aromatic N) is 4. The van der Waals surface area contributed by atoms with Crippen LogP contribution in [0, 0.1) is 25.5 Å². The van der Waals surface area contributed by atoms with Crippen molar-refractivity contribution in [3.05, 3.63) is 98.4 Å². The maximum atomic E-state index is 13.9. The van der Waals surface area contributed by atoms with Crippen LogP contribution in [0.3, 0.4) is 0 Å². The van der Waals surface area contributed by atoms with Gasteiger partial charge in [-0.2, -0.15) is 0 Å². The third kappa shape index (κ3) is 5.36. The van der Waals surface area contributed by atoms with Crippen LogP contribution in [0.4, 0.5) is 8.78 Å². The predicted octanol–water partition coefficient (Wildman–Crippen LogP) is 4.02. The summed E-state index contributed by atoms with van der Waals surface area (Å²) in [5.41, 5.74) is 0.520. The van der Waals surface area contributed by atoms with Gasteiger partial charge in [0, 0.05) is 24.0 Å². The molecule has 1 atom stereocenters. The van der Waals surface area contributed by atoms with Gasteiger partial charge in [0.25, 0.3) is 5.56 Å². The van der Waals surface area contributed by atoms with Gasteiger partial charge in [-0.25, -0.2) is 13.8 Å². The lowest BCUT2D eigenvalue weighted by Gasteiger charge is -2.20. The topological polar surface area (TPSA) is 110 Å². The van der Waals surface area contributed by atoms with E-state index < -0.39 is 29.4 Å². The van der Waals surface area contributed by atoms with Gasteiger partial charge in [-0.3, -0.25) is 19.3 Å². The first-order chi connectivity index (χ1) is 17.5. The number of pyridine rings is 4. The molecule has 0 amide bonds. The van der Waals surface area contributed by atoms with Crippen molar-refractivity contribution in [1.82, 2.24) is 19.5 Å². The molecule has 2 N–H and O–H groups in total. The molecule has 4 rings (SSSR count). The predicted molar refractivity (Wildman–Crippen MR) is 133 cm³/mol. The minimum atomic E-state index is -1.53. The van der Waals surface area contributed by atoms with Crippen LogP contribution in [0.5, 0.6) is 5.75 Å². The van der Waals surface area contributed by atoms with Gasteiger partial charge in [-0.1, -0.05) is 17.7 Å². The monoisotopic (exact) mass is 528 g/mol. The Hall–Kier alpha value is -3.73. The van der Waals surface area contributed by atoms with Crippen molar-refractivity contribution in [3.63, 3.8) is 0 Å². The molecule has 0 bridgehead atoms. The first-order valence-corrected chi connectivity index (χ1v) is 11.5. The van der Waals surface area contributed by atoms with Crippen molar-refractivity contribution in [2.75, 3.05) is 6.61 Å². The molecule has 0 saturated carbocycles.